The summed E-state index contributed by atoms with van der Waals surface area (Å²) >= 11 is 0. The zero-order chi connectivity index (χ0) is 12.4. The monoisotopic (exact) mass is 232 g/mol. The summed E-state index contributed by atoms with van der Waals surface area (Å²) in [6.07, 6.45) is 0.655. The first-order valence-electron chi connectivity index (χ1n) is 5.13. The second-order valence-electron chi connectivity index (χ2n) is 3.82. The van der Waals surface area contributed by atoms with Gasteiger partial charge in [-0.1, -0.05) is 6.07 Å². The van der Waals surface area contributed by atoms with Crippen LogP contribution in [0.1, 0.15) is 15.9 Å². The third kappa shape index (κ3) is 2.23. The third-order valence-electron chi connectivity index (χ3n) is 2.61. The van der Waals surface area contributed by atoms with Gasteiger partial charge in [-0.2, -0.15) is 0 Å². The second-order valence-corrected chi connectivity index (χ2v) is 3.82. The number of rotatable bonds is 2. The van der Waals surface area contributed by atoms with Crippen molar-refractivity contribution in [3.05, 3.63) is 59.2 Å². The molecule has 2 aromatic carbocycles. The largest absolute Gasteiger partial charge is 0.298 e. The van der Waals surface area contributed by atoms with E-state index in [4.69, 9.17) is 0 Å². The molecular weight excluding hydrogens is 222 g/mol. The smallest absolute Gasteiger partial charge is 0.150 e. The highest BCUT2D eigenvalue weighted by atomic mass is 19.1. The Morgan fingerprint density at radius 1 is 1.00 bits per heavy atom. The van der Waals surface area contributed by atoms with Gasteiger partial charge in [0.15, 0.2) is 0 Å². The minimum Gasteiger partial charge on any atom is -0.298 e. The molecule has 0 aromatic heterocycles. The molecule has 0 saturated carbocycles. The third-order valence-corrected chi connectivity index (χ3v) is 2.61. The van der Waals surface area contributed by atoms with E-state index in [0.717, 1.165) is 0 Å². The fourth-order valence-corrected chi connectivity index (χ4v) is 1.75. The number of aldehydes is 1. The van der Waals surface area contributed by atoms with Crippen molar-refractivity contribution < 1.29 is 13.6 Å². The Hall–Kier alpha value is -2.03. The maximum Gasteiger partial charge on any atom is 0.150 e. The predicted octanol–water partition coefficient (Wildman–Crippen LogP) is 3.75. The molecule has 1 nitrogen and oxygen atoms in total. The number of halogens is 2. The number of carbonyl (C=O) groups excluding carboxylic acids is 1. The van der Waals surface area contributed by atoms with Gasteiger partial charge in [-0.3, -0.25) is 4.79 Å². The molecule has 0 amide bonds. The molecule has 86 valence electrons. The van der Waals surface area contributed by atoms with E-state index in [1.165, 1.54) is 36.4 Å². The van der Waals surface area contributed by atoms with Crippen molar-refractivity contribution in [1.82, 2.24) is 0 Å². The molecule has 0 aliphatic carbocycles. The lowest BCUT2D eigenvalue weighted by molar-refractivity contribution is 0.112. The van der Waals surface area contributed by atoms with Crippen LogP contribution in [0.25, 0.3) is 11.1 Å². The summed E-state index contributed by atoms with van der Waals surface area (Å²) in [5.74, 6) is -0.788. The number of hydrogen-bond donors (Lipinski definition) is 0. The maximum absolute atomic E-state index is 13.7. The van der Waals surface area contributed by atoms with Gasteiger partial charge in [0.1, 0.15) is 17.9 Å². The number of benzene rings is 2. The first-order chi connectivity index (χ1) is 8.11. The molecule has 0 saturated heterocycles. The minimum absolute atomic E-state index is 0.312. The number of hydrogen-bond acceptors (Lipinski definition) is 1. The first kappa shape index (κ1) is 11.5. The van der Waals surface area contributed by atoms with Gasteiger partial charge in [-0.25, -0.2) is 8.78 Å². The van der Waals surface area contributed by atoms with E-state index in [2.05, 4.69) is 0 Å². The Balaban J connectivity index is 2.63. The lowest BCUT2D eigenvalue weighted by Crippen LogP contribution is -1.91. The molecule has 0 bridgehead atoms. The minimum atomic E-state index is -0.426. The zero-order valence-electron chi connectivity index (χ0n) is 9.21. The molecule has 0 N–H and O–H groups in total. The van der Waals surface area contributed by atoms with E-state index in [-0.39, 0.29) is 5.82 Å². The normalized spacial score (nSPS) is 10.3. The number of carbonyl (C=O) groups is 1. The Bertz CT molecular complexity index is 576. The molecule has 0 atom stereocenters. The van der Waals surface area contributed by atoms with Crippen molar-refractivity contribution >= 4 is 6.29 Å². The van der Waals surface area contributed by atoms with Gasteiger partial charge in [0.25, 0.3) is 0 Å². The summed E-state index contributed by atoms with van der Waals surface area (Å²) < 4.78 is 26.6. The Labute approximate surface area is 97.7 Å². The molecule has 0 aliphatic heterocycles. The van der Waals surface area contributed by atoms with Gasteiger partial charge >= 0.3 is 0 Å². The summed E-state index contributed by atoms with van der Waals surface area (Å²) in [5.41, 5.74) is 1.93. The van der Waals surface area contributed by atoms with Gasteiger partial charge in [-0.05, 0) is 48.4 Å². The average Bonchev–Trinajstić information content (AvgIpc) is 2.30. The van der Waals surface area contributed by atoms with Crippen LogP contribution < -0.4 is 0 Å². The molecule has 2 rings (SSSR count). The highest BCUT2D eigenvalue weighted by Crippen LogP contribution is 2.27. The van der Waals surface area contributed by atoms with E-state index < -0.39 is 5.82 Å². The van der Waals surface area contributed by atoms with Crippen LogP contribution in [0.5, 0.6) is 0 Å². The quantitative estimate of drug-likeness (QED) is 0.720. The summed E-state index contributed by atoms with van der Waals surface area (Å²) in [5, 5.41) is 0. The highest BCUT2D eigenvalue weighted by molar-refractivity contribution is 5.79. The molecule has 2 aromatic rings. The Morgan fingerprint density at radius 2 is 1.76 bits per heavy atom. The van der Waals surface area contributed by atoms with E-state index in [0.29, 0.717) is 28.5 Å². The molecular formula is C14H10F2O. The average molecular weight is 232 g/mol. The standard InChI is InChI=1S/C14H10F2O/c1-9-6-11(15)3-4-12(9)13-7-10(8-17)2-5-14(13)16/h2-8H,1H3. The van der Waals surface area contributed by atoms with Crippen LogP contribution in [-0.2, 0) is 0 Å². The van der Waals surface area contributed by atoms with Crippen molar-refractivity contribution in [2.75, 3.05) is 0 Å². The van der Waals surface area contributed by atoms with Gasteiger partial charge in [0.2, 0.25) is 0 Å². The van der Waals surface area contributed by atoms with E-state index in [1.807, 2.05) is 0 Å². The molecule has 3 heteroatoms. The van der Waals surface area contributed by atoms with Crippen molar-refractivity contribution in [3.63, 3.8) is 0 Å². The van der Waals surface area contributed by atoms with Crippen molar-refractivity contribution in [2.24, 2.45) is 0 Å². The van der Waals surface area contributed by atoms with E-state index in [9.17, 15) is 13.6 Å². The van der Waals surface area contributed by atoms with Gasteiger partial charge in [0, 0.05) is 11.1 Å². The predicted molar refractivity (Wildman–Crippen MR) is 61.9 cm³/mol. The molecule has 0 spiro atoms. The molecule has 0 aliphatic rings. The van der Waals surface area contributed by atoms with Crippen LogP contribution >= 0.6 is 0 Å². The van der Waals surface area contributed by atoms with Gasteiger partial charge < -0.3 is 0 Å². The van der Waals surface area contributed by atoms with E-state index >= 15 is 0 Å². The van der Waals surface area contributed by atoms with E-state index in [1.54, 1.807) is 6.92 Å². The number of aryl methyl sites for hydroxylation is 1. The van der Waals surface area contributed by atoms with Crippen LogP contribution in [0.3, 0.4) is 0 Å². The Kier molecular flexibility index (Phi) is 3.00. The second kappa shape index (κ2) is 4.45. The fourth-order valence-electron chi connectivity index (χ4n) is 1.75. The van der Waals surface area contributed by atoms with Crippen molar-refractivity contribution in [3.8, 4) is 11.1 Å². The van der Waals surface area contributed by atoms with Crippen LogP contribution in [0.15, 0.2) is 36.4 Å². The lowest BCUT2D eigenvalue weighted by atomic mass is 9.98. The van der Waals surface area contributed by atoms with Crippen molar-refractivity contribution in [1.29, 1.82) is 0 Å². The van der Waals surface area contributed by atoms with Crippen LogP contribution in [-0.4, -0.2) is 6.29 Å². The molecule has 17 heavy (non-hydrogen) atoms. The summed E-state index contributed by atoms with van der Waals surface area (Å²) in [4.78, 5) is 10.7. The maximum atomic E-state index is 13.7. The van der Waals surface area contributed by atoms with Gasteiger partial charge in [0.05, 0.1) is 0 Å². The first-order valence-corrected chi connectivity index (χ1v) is 5.13. The zero-order valence-corrected chi connectivity index (χ0v) is 9.21. The topological polar surface area (TPSA) is 17.1 Å². The fraction of sp³-hybridized carbons (Fsp3) is 0.0714. The highest BCUT2D eigenvalue weighted by Gasteiger charge is 2.09. The lowest BCUT2D eigenvalue weighted by Gasteiger charge is -2.08. The molecule has 0 heterocycles. The molecule has 0 unspecified atom stereocenters. The van der Waals surface area contributed by atoms with Gasteiger partial charge in [-0.15, -0.1) is 0 Å². The Morgan fingerprint density at radius 3 is 2.41 bits per heavy atom. The molecule has 0 fully saturated rings. The molecule has 0 radical (unpaired) electrons. The van der Waals surface area contributed by atoms with Crippen LogP contribution in [0.4, 0.5) is 8.78 Å². The van der Waals surface area contributed by atoms with Crippen molar-refractivity contribution in [2.45, 2.75) is 6.92 Å². The summed E-state index contributed by atoms with van der Waals surface area (Å²) in [7, 11) is 0. The summed E-state index contributed by atoms with van der Waals surface area (Å²) in [6, 6.07) is 8.23. The van der Waals surface area contributed by atoms with Crippen LogP contribution in [0.2, 0.25) is 0 Å². The van der Waals surface area contributed by atoms with Crippen LogP contribution in [0, 0.1) is 18.6 Å². The summed E-state index contributed by atoms with van der Waals surface area (Å²) in [6.45, 7) is 1.70. The SMILES string of the molecule is Cc1cc(F)ccc1-c1cc(C=O)ccc1F.